The molecule has 0 N–H and O–H groups in total. The molecule has 1 saturated carbocycles. The van der Waals surface area contributed by atoms with Crippen molar-refractivity contribution in [2.24, 2.45) is 0 Å². The Morgan fingerprint density at radius 3 is 1.18 bits per heavy atom. The minimum absolute atomic E-state index is 0. The molecule has 0 amide bonds. The zero-order valence-corrected chi connectivity index (χ0v) is 29.7. The molecule has 3 aromatic rings. The van der Waals surface area contributed by atoms with Gasteiger partial charge in [-0.15, -0.1) is 0 Å². The second-order valence-corrected chi connectivity index (χ2v) is 13.9. The average molecular weight is 791 g/mol. The Balaban J connectivity index is 0.000000189. The van der Waals surface area contributed by atoms with E-state index in [1.165, 1.54) is 53.0 Å². The van der Waals surface area contributed by atoms with Crippen molar-refractivity contribution in [3.8, 4) is 0 Å². The third kappa shape index (κ3) is 12.8. The number of rotatable bonds is 3. The number of allylic oxidation sites excluding steroid dienone is 6. The van der Waals surface area contributed by atoms with Crippen molar-refractivity contribution in [1.29, 1.82) is 0 Å². The van der Waals surface area contributed by atoms with Crippen LogP contribution in [0.5, 0.6) is 0 Å². The van der Waals surface area contributed by atoms with Crippen molar-refractivity contribution >= 4 is 34.0 Å². The molecule has 49 heavy (non-hydrogen) atoms. The topological polar surface area (TPSA) is 63.7 Å². The van der Waals surface area contributed by atoms with Gasteiger partial charge in [0, 0.05) is 31.9 Å². The minimum Gasteiger partial charge on any atom is -0.741 e. The van der Waals surface area contributed by atoms with Crippen LogP contribution in [0.4, 0.5) is 13.2 Å². The molecular formula is C38H35F3N2O3PRhS-. The van der Waals surface area contributed by atoms with Crippen molar-refractivity contribution < 1.29 is 45.6 Å². The summed E-state index contributed by atoms with van der Waals surface area (Å²) >= 11 is 0. The number of fused-ring (bicyclic) bond motifs is 2. The van der Waals surface area contributed by atoms with Crippen LogP contribution in [-0.4, -0.2) is 28.3 Å². The van der Waals surface area contributed by atoms with Crippen LogP contribution in [0.2, 0.25) is 0 Å². The normalized spacial score (nSPS) is 16.3. The summed E-state index contributed by atoms with van der Waals surface area (Å²) in [6.07, 6.45) is 30.3. The van der Waals surface area contributed by atoms with Crippen LogP contribution < -0.4 is 15.9 Å². The van der Waals surface area contributed by atoms with Crippen LogP contribution in [-0.2, 0) is 29.6 Å². The second kappa shape index (κ2) is 20.4. The van der Waals surface area contributed by atoms with Gasteiger partial charge in [-0.3, -0.25) is 0 Å². The molecule has 11 heteroatoms. The molecule has 257 valence electrons. The zero-order chi connectivity index (χ0) is 34.2. The minimum atomic E-state index is -6.09. The Hall–Kier alpha value is -3.29. The van der Waals surface area contributed by atoms with E-state index in [1.807, 2.05) is 46.5 Å². The van der Waals surface area contributed by atoms with E-state index in [0.717, 1.165) is 0 Å². The molecule has 7 radical (unpaired) electrons. The molecule has 5 nitrogen and oxygen atoms in total. The van der Waals surface area contributed by atoms with E-state index in [4.69, 9.17) is 13.0 Å². The van der Waals surface area contributed by atoms with E-state index in [2.05, 4.69) is 135 Å². The van der Waals surface area contributed by atoms with E-state index in [-0.39, 0.29) is 19.5 Å². The van der Waals surface area contributed by atoms with Gasteiger partial charge in [-0.2, -0.15) is 13.2 Å². The van der Waals surface area contributed by atoms with Gasteiger partial charge in [0.25, 0.3) is 0 Å². The fraction of sp³-hybridized carbons (Fsp3) is 0.132. The number of hydrogen-bond acceptors (Lipinski definition) is 5. The first-order valence-corrected chi connectivity index (χ1v) is 18.0. The van der Waals surface area contributed by atoms with Crippen molar-refractivity contribution in [3.05, 3.63) is 184 Å². The molecule has 1 aliphatic carbocycles. The summed E-state index contributed by atoms with van der Waals surface area (Å²) in [5.41, 5.74) is -3.28. The summed E-state index contributed by atoms with van der Waals surface area (Å²) in [6, 6.07) is 32.3. The van der Waals surface area contributed by atoms with Gasteiger partial charge < -0.3 is 14.4 Å². The monoisotopic (exact) mass is 790 g/mol. The van der Waals surface area contributed by atoms with E-state index in [0.29, 0.717) is 0 Å². The fourth-order valence-electron chi connectivity index (χ4n) is 4.63. The third-order valence-electron chi connectivity index (χ3n) is 6.86. The van der Waals surface area contributed by atoms with Crippen LogP contribution in [0.25, 0.3) is 0 Å². The van der Waals surface area contributed by atoms with E-state index >= 15 is 0 Å². The molecule has 0 atom stereocenters. The SMILES string of the molecule is O=S(=O)([O-])C(F)(F)F.[CH]1[CH]CC[CH][CH]CC1.[C]1N2C=CC=CC2=C2C=CC=CN12.[Rh].c1ccc(P(c2ccccc2)c2ccccc2)cc1. The summed E-state index contributed by atoms with van der Waals surface area (Å²) in [5.74, 6) is 0. The Morgan fingerprint density at radius 2 is 0.898 bits per heavy atom. The average Bonchev–Trinajstić information content (AvgIpc) is 3.45. The number of halogens is 3. The Kier molecular flexibility index (Phi) is 16.7. The Morgan fingerprint density at radius 1 is 0.592 bits per heavy atom. The first kappa shape index (κ1) is 40.1. The largest absolute Gasteiger partial charge is 0.741 e. The maximum absolute atomic E-state index is 10.7. The molecule has 0 unspecified atom stereocenters. The van der Waals surface area contributed by atoms with Crippen LogP contribution in [0.1, 0.15) is 25.7 Å². The van der Waals surface area contributed by atoms with Crippen molar-refractivity contribution in [2.45, 2.75) is 31.2 Å². The predicted molar refractivity (Wildman–Crippen MR) is 187 cm³/mol. The molecule has 0 saturated heterocycles. The molecule has 0 spiro atoms. The molecular weight excluding hydrogens is 755 g/mol. The Labute approximate surface area is 302 Å². The maximum atomic E-state index is 10.7. The van der Waals surface area contributed by atoms with Gasteiger partial charge in [0.15, 0.2) is 10.1 Å². The Bertz CT molecular complexity index is 1530. The third-order valence-corrected chi connectivity index (χ3v) is 9.87. The first-order valence-electron chi connectivity index (χ1n) is 15.2. The smallest absolute Gasteiger partial charge is 0.485 e. The summed E-state index contributed by atoms with van der Waals surface area (Å²) < 4.78 is 58.9. The number of nitrogens with zero attached hydrogens (tertiary/aromatic N) is 2. The van der Waals surface area contributed by atoms with Crippen molar-refractivity contribution in [2.75, 3.05) is 0 Å². The van der Waals surface area contributed by atoms with Gasteiger partial charge >= 0.3 is 5.51 Å². The van der Waals surface area contributed by atoms with Gasteiger partial charge in [-0.05, 0) is 99.5 Å². The summed E-state index contributed by atoms with van der Waals surface area (Å²) in [4.78, 5) is 3.99. The number of hydrogen-bond donors (Lipinski definition) is 0. The molecule has 1 fully saturated rings. The van der Waals surface area contributed by atoms with E-state index in [1.54, 1.807) is 0 Å². The molecule has 0 bridgehead atoms. The van der Waals surface area contributed by atoms with Crippen LogP contribution in [0, 0.1) is 32.4 Å². The van der Waals surface area contributed by atoms with Gasteiger partial charge in [0.1, 0.15) is 0 Å². The van der Waals surface area contributed by atoms with Gasteiger partial charge in [-0.1, -0.05) is 103 Å². The molecule has 7 rings (SSSR count). The predicted octanol–water partition coefficient (Wildman–Crippen LogP) is 7.85. The van der Waals surface area contributed by atoms with Crippen LogP contribution in [0.15, 0.2) is 151 Å². The summed E-state index contributed by atoms with van der Waals surface area (Å²) in [7, 11) is -6.54. The van der Waals surface area contributed by atoms with Crippen molar-refractivity contribution in [3.63, 3.8) is 0 Å². The van der Waals surface area contributed by atoms with E-state index < -0.39 is 23.5 Å². The van der Waals surface area contributed by atoms with Crippen LogP contribution in [0.3, 0.4) is 0 Å². The van der Waals surface area contributed by atoms with Gasteiger partial charge in [0.2, 0.25) is 6.67 Å². The molecule has 3 aromatic carbocycles. The van der Waals surface area contributed by atoms with Crippen LogP contribution >= 0.6 is 7.92 Å². The number of benzene rings is 3. The zero-order valence-electron chi connectivity index (χ0n) is 26.4. The maximum Gasteiger partial charge on any atom is 0.485 e. The fourth-order valence-corrected chi connectivity index (χ4v) is 6.93. The standard InChI is InChI=1S/C18H15P.C11H8N2.C8H12.CHF3O3S.Rh/c1-4-10-16(11-5-1)19(17-12-6-2-7-13-17)18-14-8-3-9-15-18;1-3-7-12-9-13-8-4-2-6-11(13)10(12)5-1;1-2-4-6-8-7-5-3-1;2-1(3,4)8(5,6)7;/h1-15H;1-8H;1-2,7-8H,3-6H2;(H,5,6,7);/p-1. The molecule has 0 aromatic heterocycles. The van der Waals surface area contributed by atoms with E-state index in [9.17, 15) is 13.2 Å². The van der Waals surface area contributed by atoms with Gasteiger partial charge in [-0.25, -0.2) is 8.42 Å². The molecule has 3 aliphatic heterocycles. The quantitative estimate of drug-likeness (QED) is 0.117. The molecule has 4 aliphatic rings. The second-order valence-electron chi connectivity index (χ2n) is 10.4. The number of alkyl halides is 3. The van der Waals surface area contributed by atoms with Gasteiger partial charge in [0.05, 0.1) is 11.4 Å². The first-order chi connectivity index (χ1) is 23.1. The summed E-state index contributed by atoms with van der Waals surface area (Å²) in [6.45, 7) is 3.21. The summed E-state index contributed by atoms with van der Waals surface area (Å²) in [5, 5.41) is 4.19. The van der Waals surface area contributed by atoms with Crippen molar-refractivity contribution in [1.82, 2.24) is 9.80 Å². The molecule has 3 heterocycles.